The number of H-pyrrole nitrogens is 1. The summed E-state index contributed by atoms with van der Waals surface area (Å²) in [6, 6.07) is 4.55. The highest BCUT2D eigenvalue weighted by Crippen LogP contribution is 2.21. The van der Waals surface area contributed by atoms with Crippen molar-refractivity contribution < 1.29 is 4.79 Å². The number of nitrogens with two attached hydrogens (primary N) is 1. The Kier molecular flexibility index (Phi) is 3.36. The molecule has 0 bridgehead atoms. The highest BCUT2D eigenvalue weighted by atomic mass is 35.5. The van der Waals surface area contributed by atoms with Crippen LogP contribution in [0.4, 0.5) is 11.6 Å². The van der Waals surface area contributed by atoms with Crippen molar-refractivity contribution in [1.29, 1.82) is 0 Å². The molecule has 1 aromatic carbocycles. The van der Waals surface area contributed by atoms with Crippen molar-refractivity contribution in [2.45, 2.75) is 0 Å². The lowest BCUT2D eigenvalue weighted by atomic mass is 10.2. The maximum Gasteiger partial charge on any atom is 0.258 e. The van der Waals surface area contributed by atoms with Crippen molar-refractivity contribution in [3.05, 3.63) is 40.3 Å². The number of fused-ring (bicyclic) bond motifs is 1. The van der Waals surface area contributed by atoms with E-state index in [1.807, 2.05) is 0 Å². The molecule has 0 saturated carbocycles. The van der Waals surface area contributed by atoms with Gasteiger partial charge in [-0.3, -0.25) is 10.1 Å². The predicted octanol–water partition coefficient (Wildman–Crippen LogP) is 2.49. The zero-order valence-corrected chi connectivity index (χ0v) is 11.9. The van der Waals surface area contributed by atoms with Crippen LogP contribution in [0.25, 0.3) is 11.2 Å². The molecular formula is C12H8Cl2N6O. The average molecular weight is 323 g/mol. The van der Waals surface area contributed by atoms with E-state index in [1.165, 1.54) is 12.4 Å². The normalized spacial score (nSPS) is 10.8. The Morgan fingerprint density at radius 2 is 2.10 bits per heavy atom. The second-order valence-electron chi connectivity index (χ2n) is 4.13. The highest BCUT2D eigenvalue weighted by Gasteiger charge is 2.12. The van der Waals surface area contributed by atoms with Gasteiger partial charge in [-0.2, -0.15) is 9.97 Å². The molecule has 2 heterocycles. The van der Waals surface area contributed by atoms with Crippen molar-refractivity contribution in [3.63, 3.8) is 0 Å². The van der Waals surface area contributed by atoms with E-state index >= 15 is 0 Å². The zero-order valence-electron chi connectivity index (χ0n) is 10.4. The molecule has 3 rings (SSSR count). The largest absolute Gasteiger partial charge is 0.398 e. The summed E-state index contributed by atoms with van der Waals surface area (Å²) in [6.45, 7) is 0. The number of benzene rings is 1. The number of nitrogens with zero attached hydrogens (tertiary/aromatic N) is 3. The van der Waals surface area contributed by atoms with E-state index in [0.717, 1.165) is 0 Å². The van der Waals surface area contributed by atoms with Crippen molar-refractivity contribution in [2.75, 3.05) is 11.1 Å². The van der Waals surface area contributed by atoms with Crippen LogP contribution in [0, 0.1) is 0 Å². The molecule has 21 heavy (non-hydrogen) atoms. The number of imidazole rings is 1. The molecule has 0 fully saturated rings. The number of hydrogen-bond donors (Lipinski definition) is 3. The fourth-order valence-electron chi connectivity index (χ4n) is 1.70. The van der Waals surface area contributed by atoms with Gasteiger partial charge in [-0.05, 0) is 18.2 Å². The molecule has 7 nitrogen and oxygen atoms in total. The maximum absolute atomic E-state index is 12.1. The van der Waals surface area contributed by atoms with Crippen molar-refractivity contribution in [3.8, 4) is 0 Å². The van der Waals surface area contributed by atoms with E-state index in [1.54, 1.807) is 12.1 Å². The highest BCUT2D eigenvalue weighted by molar-refractivity contribution is 6.34. The van der Waals surface area contributed by atoms with Gasteiger partial charge in [0, 0.05) is 5.56 Å². The molecule has 0 aliphatic rings. The second kappa shape index (κ2) is 5.19. The van der Waals surface area contributed by atoms with Crippen LogP contribution in [-0.2, 0) is 0 Å². The number of nitrogens with one attached hydrogen (secondary N) is 2. The molecule has 0 atom stereocenters. The van der Waals surface area contributed by atoms with Crippen LogP contribution in [0.1, 0.15) is 10.4 Å². The van der Waals surface area contributed by atoms with E-state index in [-0.39, 0.29) is 11.1 Å². The van der Waals surface area contributed by atoms with Crippen molar-refractivity contribution >= 4 is 51.9 Å². The topological polar surface area (TPSA) is 110 Å². The summed E-state index contributed by atoms with van der Waals surface area (Å²) < 4.78 is 0. The third kappa shape index (κ3) is 2.61. The number of carbonyl (C=O) groups excluding carboxylic acids is 1. The Bertz CT molecular complexity index is 847. The summed E-state index contributed by atoms with van der Waals surface area (Å²) in [4.78, 5) is 26.9. The first-order valence-corrected chi connectivity index (χ1v) is 6.53. The molecule has 0 aliphatic heterocycles. The molecular weight excluding hydrogens is 315 g/mol. The van der Waals surface area contributed by atoms with Gasteiger partial charge in [0.1, 0.15) is 5.52 Å². The summed E-state index contributed by atoms with van der Waals surface area (Å²) in [5, 5.41) is 2.99. The first kappa shape index (κ1) is 13.6. The second-order valence-corrected chi connectivity index (χ2v) is 4.89. The van der Waals surface area contributed by atoms with Gasteiger partial charge in [0.2, 0.25) is 5.95 Å². The summed E-state index contributed by atoms with van der Waals surface area (Å²) in [5.41, 5.74) is 7.18. The van der Waals surface area contributed by atoms with Crippen LogP contribution < -0.4 is 11.1 Å². The number of halogens is 2. The van der Waals surface area contributed by atoms with Gasteiger partial charge in [-0.1, -0.05) is 23.2 Å². The van der Waals surface area contributed by atoms with E-state index < -0.39 is 5.91 Å². The number of nitrogen functional groups attached to an aromatic ring is 1. The lowest BCUT2D eigenvalue weighted by molar-refractivity contribution is 0.102. The number of anilines is 2. The first-order chi connectivity index (χ1) is 10.0. The van der Waals surface area contributed by atoms with Crippen LogP contribution >= 0.6 is 23.2 Å². The minimum atomic E-state index is -0.428. The predicted molar refractivity (Wildman–Crippen MR) is 80.5 cm³/mol. The Hall–Kier alpha value is -2.38. The number of carbonyl (C=O) groups is 1. The van der Waals surface area contributed by atoms with Gasteiger partial charge in [0.05, 0.1) is 17.0 Å². The number of hydrogen-bond acceptors (Lipinski definition) is 5. The van der Waals surface area contributed by atoms with Gasteiger partial charge in [-0.15, -0.1) is 0 Å². The summed E-state index contributed by atoms with van der Waals surface area (Å²) >= 11 is 11.8. The summed E-state index contributed by atoms with van der Waals surface area (Å²) in [6.07, 6.45) is 1.44. The van der Waals surface area contributed by atoms with Crippen LogP contribution in [0.2, 0.25) is 10.2 Å². The Morgan fingerprint density at radius 1 is 1.29 bits per heavy atom. The molecule has 9 heteroatoms. The van der Waals surface area contributed by atoms with Crippen LogP contribution in [-0.4, -0.2) is 25.8 Å². The third-order valence-corrected chi connectivity index (χ3v) is 3.33. The number of rotatable bonds is 2. The lowest BCUT2D eigenvalue weighted by Crippen LogP contribution is -2.14. The van der Waals surface area contributed by atoms with E-state index in [9.17, 15) is 4.79 Å². The van der Waals surface area contributed by atoms with Crippen LogP contribution in [0.5, 0.6) is 0 Å². The van der Waals surface area contributed by atoms with Crippen molar-refractivity contribution in [2.24, 2.45) is 0 Å². The van der Waals surface area contributed by atoms with Gasteiger partial charge < -0.3 is 10.7 Å². The molecule has 4 N–H and O–H groups in total. The first-order valence-electron chi connectivity index (χ1n) is 5.77. The summed E-state index contributed by atoms with van der Waals surface area (Å²) in [5.74, 6) is -0.375. The van der Waals surface area contributed by atoms with Crippen LogP contribution in [0.3, 0.4) is 0 Å². The summed E-state index contributed by atoms with van der Waals surface area (Å²) in [7, 11) is 0. The van der Waals surface area contributed by atoms with Gasteiger partial charge in [0.15, 0.2) is 10.8 Å². The average Bonchev–Trinajstić information content (AvgIpc) is 2.90. The Labute approximate surface area is 128 Å². The molecule has 0 spiro atoms. The molecule has 2 aromatic heterocycles. The molecule has 1 amide bonds. The lowest BCUT2D eigenvalue weighted by Gasteiger charge is -2.05. The minimum Gasteiger partial charge on any atom is -0.398 e. The van der Waals surface area contributed by atoms with Crippen molar-refractivity contribution in [1.82, 2.24) is 19.9 Å². The number of aromatic nitrogens is 4. The van der Waals surface area contributed by atoms with Gasteiger partial charge >= 0.3 is 0 Å². The third-order valence-electron chi connectivity index (χ3n) is 2.73. The fraction of sp³-hybridized carbons (Fsp3) is 0. The van der Waals surface area contributed by atoms with Gasteiger partial charge in [0.25, 0.3) is 5.91 Å². The maximum atomic E-state index is 12.1. The smallest absolute Gasteiger partial charge is 0.258 e. The van der Waals surface area contributed by atoms with E-state index in [4.69, 9.17) is 28.9 Å². The van der Waals surface area contributed by atoms with Crippen LogP contribution in [0.15, 0.2) is 24.5 Å². The minimum absolute atomic E-state index is 0.0533. The van der Waals surface area contributed by atoms with Gasteiger partial charge in [-0.25, -0.2) is 4.98 Å². The molecule has 0 aliphatic carbocycles. The molecule has 0 radical (unpaired) electrons. The zero-order chi connectivity index (χ0) is 15.0. The number of aromatic amines is 1. The standard InChI is InChI=1S/C12H8Cl2N6O/c13-6-3-5(1-2-7(6)15)11(21)20-12-18-9(14)8-10(19-12)17-4-16-8/h1-4H,15H2,(H2,16,17,18,19,20,21). The SMILES string of the molecule is Nc1ccc(C(=O)Nc2nc(Cl)c3[nH]cnc3n2)cc1Cl. The quantitative estimate of drug-likeness (QED) is 0.496. The van der Waals surface area contributed by atoms with E-state index in [2.05, 4.69) is 25.3 Å². The Balaban J connectivity index is 1.90. The monoisotopic (exact) mass is 322 g/mol. The number of amides is 1. The van der Waals surface area contributed by atoms with E-state index in [0.29, 0.717) is 27.4 Å². The molecule has 0 unspecified atom stereocenters. The Morgan fingerprint density at radius 3 is 2.86 bits per heavy atom. The fourth-order valence-corrected chi connectivity index (χ4v) is 2.10. The molecule has 106 valence electrons. The molecule has 3 aromatic rings. The molecule has 0 saturated heterocycles.